The predicted octanol–water partition coefficient (Wildman–Crippen LogP) is 4.86. The number of nitrogens with one attached hydrogen (secondary N) is 3. The van der Waals surface area contributed by atoms with E-state index in [9.17, 15) is 37.5 Å². The number of thiophene rings is 2. The molecule has 2 aliphatic rings. The summed E-state index contributed by atoms with van der Waals surface area (Å²) in [5, 5.41) is 28.2. The summed E-state index contributed by atoms with van der Waals surface area (Å²) in [5.74, 6) is -2.85. The summed E-state index contributed by atoms with van der Waals surface area (Å²) in [4.78, 5) is 79.8. The minimum atomic E-state index is -1.32. The number of carbonyl (C=O) groups excluding carboxylic acids is 5. The number of aromatic nitrogens is 6. The topological polar surface area (TPSA) is 275 Å². The first kappa shape index (κ1) is 57.4. The van der Waals surface area contributed by atoms with E-state index in [1.54, 1.807) is 59.3 Å². The minimum absolute atomic E-state index is 0. The number of nitrogens with two attached hydrogens (primary N) is 2. The molecule has 2 aliphatic heterocycles. The van der Waals surface area contributed by atoms with Crippen LogP contribution in [0, 0.1) is 0 Å². The Kier molecular flexibility index (Phi) is 23.2. The van der Waals surface area contributed by atoms with Crippen LogP contribution < -0.4 is 27.4 Å². The van der Waals surface area contributed by atoms with Gasteiger partial charge in [-0.3, -0.25) is 38.1 Å². The van der Waals surface area contributed by atoms with Crippen LogP contribution in [0.2, 0.25) is 0 Å². The van der Waals surface area contributed by atoms with Gasteiger partial charge in [0.1, 0.15) is 52.3 Å². The Labute approximate surface area is 422 Å². The molecule has 66 heavy (non-hydrogen) atoms. The molecule has 19 nitrogen and oxygen atoms in total. The molecule has 2 saturated heterocycles. The number of pyridine rings is 2. The van der Waals surface area contributed by atoms with E-state index in [-0.39, 0.29) is 89.6 Å². The number of amides is 5. The van der Waals surface area contributed by atoms with Crippen molar-refractivity contribution in [3.63, 3.8) is 0 Å². The third-order valence-electron chi connectivity index (χ3n) is 8.95. The Bertz CT molecular complexity index is 2660. The number of halogens is 5. The van der Waals surface area contributed by atoms with Gasteiger partial charge in [0.15, 0.2) is 11.4 Å². The van der Waals surface area contributed by atoms with Crippen LogP contribution in [0.3, 0.4) is 0 Å². The number of nitrogens with zero attached hydrogens (tertiary/aromatic N) is 7. The van der Waals surface area contributed by atoms with E-state index in [2.05, 4.69) is 90.4 Å². The van der Waals surface area contributed by atoms with Crippen molar-refractivity contribution in [3.8, 4) is 0 Å². The number of hydrogen-bond acceptors (Lipinski definition) is 15. The first-order chi connectivity index (χ1) is 30.1. The molecule has 8 N–H and O–H groups in total. The molecule has 4 atom stereocenters. The van der Waals surface area contributed by atoms with Gasteiger partial charge in [0.2, 0.25) is 17.7 Å². The zero-order valence-electron chi connectivity index (χ0n) is 33.1. The summed E-state index contributed by atoms with van der Waals surface area (Å²) < 4.78 is 32.0. The maximum Gasteiger partial charge on any atom is 0.325 e. The van der Waals surface area contributed by atoms with Crippen molar-refractivity contribution < 1.29 is 42.7 Å². The first-order valence-electron chi connectivity index (χ1n) is 18.1. The van der Waals surface area contributed by atoms with Gasteiger partial charge in [0, 0.05) is 41.8 Å². The fourth-order valence-corrected chi connectivity index (χ4v) is 8.74. The summed E-state index contributed by atoms with van der Waals surface area (Å²) in [6, 6.07) is 12.2. The van der Waals surface area contributed by atoms with Gasteiger partial charge < -0.3 is 37.4 Å². The highest BCUT2D eigenvalue weighted by atomic mass is 79.9. The third-order valence-corrected chi connectivity index (χ3v) is 11.7. The number of carboxylic acids is 1. The monoisotopic (exact) mass is 1160 g/mol. The van der Waals surface area contributed by atoms with E-state index in [1.165, 1.54) is 36.9 Å². The number of fused-ring (bicyclic) bond motifs is 2. The fraction of sp³-hybridized carbons (Fsp3) is 0.297. The zero-order valence-corrected chi connectivity index (χ0v) is 41.3. The van der Waals surface area contributed by atoms with Crippen LogP contribution in [0.1, 0.15) is 41.2 Å². The quantitative estimate of drug-likeness (QED) is 0.100. The molecular weight excluding hydrogens is 1120 g/mol. The maximum atomic E-state index is 14.1. The van der Waals surface area contributed by atoms with Gasteiger partial charge in [0.25, 0.3) is 11.8 Å². The van der Waals surface area contributed by atoms with Crippen molar-refractivity contribution in [3.05, 3.63) is 79.9 Å². The molecule has 29 heteroatoms. The number of carboxylic acid groups (broad SMARTS) is 1. The molecular formula is C37H41Br2ClF2N12O7S5. The second kappa shape index (κ2) is 26.6. The van der Waals surface area contributed by atoms with Crippen molar-refractivity contribution in [1.82, 2.24) is 39.7 Å². The van der Waals surface area contributed by atoms with Gasteiger partial charge in [0.05, 0.1) is 33.0 Å². The zero-order chi connectivity index (χ0) is 46.0. The lowest BCUT2D eigenvalue weighted by Crippen LogP contribution is -2.44. The average Bonchev–Trinajstić information content (AvgIpc) is 4.09. The van der Waals surface area contributed by atoms with Gasteiger partial charge in [-0.15, -0.1) is 35.1 Å². The maximum absolute atomic E-state index is 14.1. The summed E-state index contributed by atoms with van der Waals surface area (Å²) in [6.45, 7) is -0.476. The number of aliphatic carboxylic acids is 1. The Hall–Kier alpha value is -4.68. The highest BCUT2D eigenvalue weighted by Gasteiger charge is 2.40. The summed E-state index contributed by atoms with van der Waals surface area (Å²) in [6.07, 6.45) is -2.14. The Morgan fingerprint density at radius 3 is 1.71 bits per heavy atom. The van der Waals surface area contributed by atoms with Crippen LogP contribution in [0.5, 0.6) is 0 Å². The van der Waals surface area contributed by atoms with E-state index in [4.69, 9.17) is 16.6 Å². The molecule has 356 valence electrons. The Morgan fingerprint density at radius 1 is 0.788 bits per heavy atom. The van der Waals surface area contributed by atoms with Gasteiger partial charge in [-0.05, 0) is 79.0 Å². The molecule has 6 aromatic rings. The largest absolute Gasteiger partial charge is 0.480 e. The van der Waals surface area contributed by atoms with E-state index < -0.39 is 54.0 Å². The smallest absolute Gasteiger partial charge is 0.325 e. The number of rotatable bonds is 10. The predicted molar refractivity (Wildman–Crippen MR) is 266 cm³/mol. The molecule has 6 aromatic heterocycles. The number of alkyl halides is 2. The summed E-state index contributed by atoms with van der Waals surface area (Å²) in [7, 11) is 0. The van der Waals surface area contributed by atoms with E-state index in [1.807, 2.05) is 0 Å². The molecule has 0 bridgehead atoms. The molecule has 0 spiro atoms. The van der Waals surface area contributed by atoms with Crippen LogP contribution >= 0.6 is 80.4 Å². The number of hydrogen-bond donors (Lipinski definition) is 6. The van der Waals surface area contributed by atoms with Crippen molar-refractivity contribution in [2.75, 3.05) is 23.7 Å². The van der Waals surface area contributed by atoms with E-state index in [0.29, 0.717) is 41.3 Å². The highest BCUT2D eigenvalue weighted by Crippen LogP contribution is 2.27. The molecule has 0 radical (unpaired) electrons. The van der Waals surface area contributed by atoms with Crippen LogP contribution in [-0.2, 0) is 54.6 Å². The molecule has 0 aliphatic carbocycles. The Morgan fingerprint density at radius 2 is 1.27 bits per heavy atom. The van der Waals surface area contributed by atoms with E-state index in [0.717, 1.165) is 0 Å². The van der Waals surface area contributed by atoms with Crippen molar-refractivity contribution >= 4 is 170 Å². The van der Waals surface area contributed by atoms with Gasteiger partial charge >= 0.3 is 5.97 Å². The molecule has 2 fully saturated rings. The van der Waals surface area contributed by atoms with E-state index >= 15 is 0 Å². The van der Waals surface area contributed by atoms with Gasteiger partial charge in [-0.2, -0.15) is 23.7 Å². The van der Waals surface area contributed by atoms with Crippen molar-refractivity contribution in [2.24, 2.45) is 11.5 Å². The van der Waals surface area contributed by atoms with Gasteiger partial charge in [-0.1, -0.05) is 19.6 Å². The second-order valence-electron chi connectivity index (χ2n) is 13.3. The van der Waals surface area contributed by atoms with Crippen molar-refractivity contribution in [1.29, 1.82) is 0 Å². The SMILES string of the molecule is C.Cl.NC(=O)c1nn(CC(=O)N2C[C@H](F)C[C@H]2C(=O)Nc2cccc(Br)n2)c2ccsc12.NC(=O)c1nn(CC(=O)O)c2ccsc12.O=C(Nc1cccc(Br)n1)[C@@H]1C[C@@H](F)CN1.S.S=S. The Balaban J connectivity index is 0.000000354. The standard InChI is InChI=1S/C18H16BrFN6O3S.C10H11BrFN3O.C8H7N3O3S.CH4.ClH.S2.H2S/c19-12-2-1-3-13(22-12)23-18(29)11-6-9(20)7-25(11)14(27)8-26-10-4-5-30-16(10)15(24-26)17(21)28;11-8-2-1-3-9(14-8)15-10(16)7-4-6(12)5-13-7;9-8(14)6-7-4(1-2-15-7)11(10-6)3-5(12)13;;;1-2;/h1-5,9,11H,6-8H2,(H2,21,28)(H,22,23,29);1-3,6-7,13H,4-5H2,(H,14,15,16);1-2H,3H2,(H2,9,14)(H,12,13);1H4;1H;;1H2/t9-,11+;6-,7+;;;;;/m11...../s1. The number of primary amides is 2. The van der Waals surface area contributed by atoms with Crippen LogP contribution in [0.4, 0.5) is 20.4 Å². The number of anilines is 2. The third kappa shape index (κ3) is 14.9. The van der Waals surface area contributed by atoms with Crippen LogP contribution in [-0.4, -0.2) is 113 Å². The molecule has 8 heterocycles. The summed E-state index contributed by atoms with van der Waals surface area (Å²) in [5.41, 5.74) is 11.9. The lowest BCUT2D eigenvalue weighted by Gasteiger charge is -2.23. The summed E-state index contributed by atoms with van der Waals surface area (Å²) >= 11 is 16.4. The fourth-order valence-electron chi connectivity index (χ4n) is 6.30. The molecule has 5 amide bonds. The first-order valence-corrected chi connectivity index (χ1v) is 22.8. The van der Waals surface area contributed by atoms with Gasteiger partial charge in [-0.25, -0.2) is 18.7 Å². The molecule has 0 aromatic carbocycles. The number of likely N-dealkylation sites (tertiary alicyclic amines) is 1. The minimum Gasteiger partial charge on any atom is -0.480 e. The number of carbonyl (C=O) groups is 6. The molecule has 0 saturated carbocycles. The average molecular weight is 1160 g/mol. The van der Waals surface area contributed by atoms with Crippen LogP contribution in [0.15, 0.2) is 68.5 Å². The lowest BCUT2D eigenvalue weighted by molar-refractivity contribution is -0.138. The van der Waals surface area contributed by atoms with Crippen LogP contribution in [0.25, 0.3) is 20.4 Å². The molecule has 0 unspecified atom stereocenters. The molecule has 8 rings (SSSR count). The van der Waals surface area contributed by atoms with Crippen molar-refractivity contribution in [2.45, 2.75) is 57.8 Å². The normalized spacial score (nSPS) is 16.9. The lowest BCUT2D eigenvalue weighted by atomic mass is 10.2. The second-order valence-corrected chi connectivity index (χ2v) is 16.7. The highest BCUT2D eigenvalue weighted by molar-refractivity contribution is 9.10.